The first-order valence-corrected chi connectivity index (χ1v) is 3.91. The number of allylic oxidation sites excluding steroid dienone is 4. The molecule has 0 unspecified atom stereocenters. The SMILES string of the molecule is CNC1=CC=CC2=C(C)NNN12. The summed E-state index contributed by atoms with van der Waals surface area (Å²) in [6.45, 7) is 2.03. The highest BCUT2D eigenvalue weighted by Gasteiger charge is 2.21. The number of nitrogens with zero attached hydrogens (tertiary/aromatic N) is 1. The molecule has 0 atom stereocenters. The van der Waals surface area contributed by atoms with Gasteiger partial charge in [-0.1, -0.05) is 6.08 Å². The van der Waals surface area contributed by atoms with Crippen LogP contribution in [0.1, 0.15) is 6.92 Å². The summed E-state index contributed by atoms with van der Waals surface area (Å²) in [7, 11) is 1.90. The maximum absolute atomic E-state index is 3.10. The fourth-order valence-electron chi connectivity index (χ4n) is 1.32. The number of rotatable bonds is 1. The normalized spacial score (nSPS) is 20.5. The lowest BCUT2D eigenvalue weighted by Gasteiger charge is -2.24. The van der Waals surface area contributed by atoms with Crippen molar-refractivity contribution in [3.05, 3.63) is 35.4 Å². The summed E-state index contributed by atoms with van der Waals surface area (Å²) in [5.41, 5.74) is 8.37. The average Bonchev–Trinajstić information content (AvgIpc) is 2.48. The van der Waals surface area contributed by atoms with E-state index in [0.29, 0.717) is 0 Å². The molecule has 0 saturated heterocycles. The second kappa shape index (κ2) is 2.57. The minimum atomic E-state index is 1.04. The molecule has 2 aliphatic heterocycles. The average molecular weight is 164 g/mol. The largest absolute Gasteiger partial charge is 0.373 e. The van der Waals surface area contributed by atoms with Crippen LogP contribution >= 0.6 is 0 Å². The lowest BCUT2D eigenvalue weighted by atomic mass is 10.2. The molecule has 64 valence electrons. The predicted octanol–water partition coefficient (Wildman–Crippen LogP) is 0.173. The van der Waals surface area contributed by atoms with E-state index >= 15 is 0 Å². The fraction of sp³-hybridized carbons (Fsp3) is 0.250. The molecule has 4 nitrogen and oxygen atoms in total. The van der Waals surface area contributed by atoms with Crippen LogP contribution in [0.2, 0.25) is 0 Å². The van der Waals surface area contributed by atoms with Gasteiger partial charge in [-0.15, -0.1) is 5.53 Å². The molecular formula is C8H12N4. The van der Waals surface area contributed by atoms with E-state index < -0.39 is 0 Å². The van der Waals surface area contributed by atoms with E-state index in [2.05, 4.69) is 22.4 Å². The molecule has 2 rings (SSSR count). The van der Waals surface area contributed by atoms with E-state index in [4.69, 9.17) is 0 Å². The van der Waals surface area contributed by atoms with Crippen molar-refractivity contribution in [1.82, 2.24) is 21.3 Å². The summed E-state index contributed by atoms with van der Waals surface area (Å²) < 4.78 is 0. The van der Waals surface area contributed by atoms with Gasteiger partial charge in [0.2, 0.25) is 0 Å². The van der Waals surface area contributed by atoms with Crippen LogP contribution in [0.5, 0.6) is 0 Å². The van der Waals surface area contributed by atoms with E-state index in [1.165, 1.54) is 0 Å². The van der Waals surface area contributed by atoms with Crippen molar-refractivity contribution in [3.63, 3.8) is 0 Å². The van der Waals surface area contributed by atoms with Gasteiger partial charge in [0.15, 0.2) is 0 Å². The van der Waals surface area contributed by atoms with Crippen LogP contribution in [-0.2, 0) is 0 Å². The monoisotopic (exact) mass is 164 g/mol. The molecule has 0 aromatic carbocycles. The lowest BCUT2D eigenvalue weighted by Crippen LogP contribution is -2.41. The van der Waals surface area contributed by atoms with Gasteiger partial charge >= 0.3 is 0 Å². The zero-order valence-electron chi connectivity index (χ0n) is 7.18. The van der Waals surface area contributed by atoms with Gasteiger partial charge in [0.1, 0.15) is 5.82 Å². The molecule has 0 amide bonds. The molecule has 0 aliphatic carbocycles. The zero-order chi connectivity index (χ0) is 8.55. The molecule has 0 spiro atoms. The molecular weight excluding hydrogens is 152 g/mol. The van der Waals surface area contributed by atoms with Gasteiger partial charge in [0.25, 0.3) is 0 Å². The number of hydrazine groups is 2. The quantitative estimate of drug-likeness (QED) is 0.517. The summed E-state index contributed by atoms with van der Waals surface area (Å²) in [5.74, 6) is 1.04. The van der Waals surface area contributed by atoms with Gasteiger partial charge in [-0.25, -0.2) is 5.01 Å². The molecule has 0 fully saturated rings. The number of nitrogens with one attached hydrogen (secondary N) is 3. The van der Waals surface area contributed by atoms with Crippen LogP contribution in [-0.4, -0.2) is 12.1 Å². The highest BCUT2D eigenvalue weighted by atomic mass is 15.7. The standard InChI is InChI=1S/C8H12N4/c1-6-7-4-3-5-8(9-2)12(7)11-10-6/h3-5,9-11H,1-2H3. The van der Waals surface area contributed by atoms with Crippen molar-refractivity contribution < 1.29 is 0 Å². The Bertz CT molecular complexity index is 287. The van der Waals surface area contributed by atoms with Crippen molar-refractivity contribution in [2.45, 2.75) is 6.92 Å². The van der Waals surface area contributed by atoms with Crippen LogP contribution in [0.25, 0.3) is 0 Å². The topological polar surface area (TPSA) is 39.3 Å². The molecule has 0 aromatic heterocycles. The Balaban J connectivity index is 2.35. The molecule has 0 aromatic rings. The smallest absolute Gasteiger partial charge is 0.122 e. The number of fused-ring (bicyclic) bond motifs is 1. The first-order valence-electron chi connectivity index (χ1n) is 3.91. The molecule has 2 heterocycles. The van der Waals surface area contributed by atoms with E-state index in [1.807, 2.05) is 31.1 Å². The van der Waals surface area contributed by atoms with Crippen LogP contribution in [0, 0.1) is 0 Å². The Hall–Kier alpha value is -1.42. The van der Waals surface area contributed by atoms with E-state index in [-0.39, 0.29) is 0 Å². The second-order valence-electron chi connectivity index (χ2n) is 2.74. The Morgan fingerprint density at radius 3 is 3.08 bits per heavy atom. The Morgan fingerprint density at radius 2 is 2.33 bits per heavy atom. The summed E-state index contributed by atoms with van der Waals surface area (Å²) in [5, 5.41) is 5.06. The van der Waals surface area contributed by atoms with E-state index in [0.717, 1.165) is 17.2 Å². The van der Waals surface area contributed by atoms with Crippen molar-refractivity contribution in [2.24, 2.45) is 0 Å². The Labute approximate surface area is 71.6 Å². The van der Waals surface area contributed by atoms with Gasteiger partial charge in [0, 0.05) is 7.05 Å². The second-order valence-corrected chi connectivity index (χ2v) is 2.74. The van der Waals surface area contributed by atoms with Gasteiger partial charge < -0.3 is 10.7 Å². The van der Waals surface area contributed by atoms with Gasteiger partial charge in [-0.2, -0.15) is 0 Å². The molecule has 2 aliphatic rings. The van der Waals surface area contributed by atoms with Crippen LogP contribution < -0.4 is 16.3 Å². The minimum absolute atomic E-state index is 1.04. The zero-order valence-corrected chi connectivity index (χ0v) is 7.18. The molecule has 0 saturated carbocycles. The molecule has 12 heavy (non-hydrogen) atoms. The Morgan fingerprint density at radius 1 is 1.50 bits per heavy atom. The predicted molar refractivity (Wildman–Crippen MR) is 47.1 cm³/mol. The third-order valence-electron chi connectivity index (χ3n) is 1.99. The molecule has 4 heteroatoms. The van der Waals surface area contributed by atoms with Gasteiger partial charge in [-0.3, -0.25) is 0 Å². The first-order chi connectivity index (χ1) is 5.83. The lowest BCUT2D eigenvalue weighted by molar-refractivity contribution is 0.303. The van der Waals surface area contributed by atoms with Crippen LogP contribution in [0.3, 0.4) is 0 Å². The van der Waals surface area contributed by atoms with Crippen LogP contribution in [0.4, 0.5) is 0 Å². The minimum Gasteiger partial charge on any atom is -0.373 e. The van der Waals surface area contributed by atoms with E-state index in [1.54, 1.807) is 0 Å². The summed E-state index contributed by atoms with van der Waals surface area (Å²) >= 11 is 0. The Kier molecular flexibility index (Phi) is 1.55. The summed E-state index contributed by atoms with van der Waals surface area (Å²) in [6.07, 6.45) is 6.09. The van der Waals surface area contributed by atoms with E-state index in [9.17, 15) is 0 Å². The maximum Gasteiger partial charge on any atom is 0.122 e. The molecule has 0 radical (unpaired) electrons. The highest BCUT2D eigenvalue weighted by molar-refractivity contribution is 5.35. The molecule has 3 N–H and O–H groups in total. The number of hydrogen-bond donors (Lipinski definition) is 3. The summed E-state index contributed by atoms with van der Waals surface area (Å²) in [4.78, 5) is 0. The third kappa shape index (κ3) is 0.887. The van der Waals surface area contributed by atoms with Gasteiger partial charge in [0.05, 0.1) is 11.4 Å². The van der Waals surface area contributed by atoms with Crippen molar-refractivity contribution in [2.75, 3.05) is 7.05 Å². The highest BCUT2D eigenvalue weighted by Crippen LogP contribution is 2.19. The first kappa shape index (κ1) is 7.24. The fourth-order valence-corrected chi connectivity index (χ4v) is 1.32. The van der Waals surface area contributed by atoms with Crippen molar-refractivity contribution >= 4 is 0 Å². The van der Waals surface area contributed by atoms with Crippen LogP contribution in [0.15, 0.2) is 35.4 Å². The van der Waals surface area contributed by atoms with Crippen molar-refractivity contribution in [1.29, 1.82) is 0 Å². The van der Waals surface area contributed by atoms with Gasteiger partial charge in [-0.05, 0) is 19.1 Å². The van der Waals surface area contributed by atoms with Crippen molar-refractivity contribution in [3.8, 4) is 0 Å². The summed E-state index contributed by atoms with van der Waals surface area (Å²) in [6, 6.07) is 0. The molecule has 0 bridgehead atoms. The maximum atomic E-state index is 3.10. The third-order valence-corrected chi connectivity index (χ3v) is 1.99. The number of hydrogen-bond acceptors (Lipinski definition) is 4.